The van der Waals surface area contributed by atoms with E-state index >= 15 is 0 Å². The number of nitrogens with zero attached hydrogens (tertiary/aromatic N) is 2. The van der Waals surface area contributed by atoms with Crippen LogP contribution in [0.15, 0.2) is 4.52 Å². The number of fused-ring (bicyclic) bond motifs is 1. The molecule has 1 saturated heterocycles. The van der Waals surface area contributed by atoms with E-state index in [2.05, 4.69) is 15.4 Å². The standard InChI is InChI=1S/C16H25N3O2/c20-16(17-9-6-12-19-10-4-5-11-19)15-13-7-2-1-3-8-14(13)21-18-15/h1-12H2,(H,17,20). The Bertz CT molecular complexity index is 478. The summed E-state index contributed by atoms with van der Waals surface area (Å²) in [6.07, 6.45) is 8.96. The van der Waals surface area contributed by atoms with Gasteiger partial charge in [0, 0.05) is 18.5 Å². The second kappa shape index (κ2) is 7.07. The van der Waals surface area contributed by atoms with E-state index in [1.54, 1.807) is 0 Å². The number of amides is 1. The van der Waals surface area contributed by atoms with Crippen molar-refractivity contribution in [3.63, 3.8) is 0 Å². The van der Waals surface area contributed by atoms with Crippen LogP contribution in [0.3, 0.4) is 0 Å². The minimum absolute atomic E-state index is 0.0664. The van der Waals surface area contributed by atoms with Gasteiger partial charge in [0.15, 0.2) is 5.69 Å². The van der Waals surface area contributed by atoms with Gasteiger partial charge in [-0.05, 0) is 58.2 Å². The summed E-state index contributed by atoms with van der Waals surface area (Å²) in [5, 5.41) is 6.99. The fourth-order valence-electron chi connectivity index (χ4n) is 3.33. The van der Waals surface area contributed by atoms with Crippen molar-refractivity contribution in [1.82, 2.24) is 15.4 Å². The SMILES string of the molecule is O=C(NCCCN1CCCC1)c1noc2c1CCCCC2. The van der Waals surface area contributed by atoms with Gasteiger partial charge in [0.05, 0.1) is 0 Å². The molecule has 0 saturated carbocycles. The van der Waals surface area contributed by atoms with Gasteiger partial charge in [0.2, 0.25) is 0 Å². The number of hydrogen-bond acceptors (Lipinski definition) is 4. The Morgan fingerprint density at radius 2 is 1.95 bits per heavy atom. The Labute approximate surface area is 126 Å². The van der Waals surface area contributed by atoms with Gasteiger partial charge in [-0.25, -0.2) is 0 Å². The molecule has 1 aliphatic carbocycles. The average molecular weight is 291 g/mol. The molecule has 1 fully saturated rings. The first-order valence-electron chi connectivity index (χ1n) is 8.32. The van der Waals surface area contributed by atoms with Crippen LogP contribution in [0.25, 0.3) is 0 Å². The Morgan fingerprint density at radius 1 is 1.14 bits per heavy atom. The van der Waals surface area contributed by atoms with Crippen molar-refractivity contribution >= 4 is 5.91 Å². The van der Waals surface area contributed by atoms with E-state index in [9.17, 15) is 4.79 Å². The molecule has 1 aromatic rings. The fraction of sp³-hybridized carbons (Fsp3) is 0.750. The quantitative estimate of drug-likeness (QED) is 0.667. The Morgan fingerprint density at radius 3 is 2.81 bits per heavy atom. The molecule has 1 aromatic heterocycles. The lowest BCUT2D eigenvalue weighted by Crippen LogP contribution is -2.29. The summed E-state index contributed by atoms with van der Waals surface area (Å²) >= 11 is 0. The first kappa shape index (κ1) is 14.6. The van der Waals surface area contributed by atoms with Gasteiger partial charge >= 0.3 is 0 Å². The highest BCUT2D eigenvalue weighted by Gasteiger charge is 2.22. The molecule has 1 aliphatic heterocycles. The van der Waals surface area contributed by atoms with Crippen LogP contribution in [-0.4, -0.2) is 42.1 Å². The summed E-state index contributed by atoms with van der Waals surface area (Å²) in [6, 6.07) is 0. The number of aromatic nitrogens is 1. The maximum absolute atomic E-state index is 12.2. The predicted octanol–water partition coefficient (Wildman–Crippen LogP) is 2.16. The molecule has 2 heterocycles. The van der Waals surface area contributed by atoms with Crippen molar-refractivity contribution in [3.05, 3.63) is 17.0 Å². The fourth-order valence-corrected chi connectivity index (χ4v) is 3.33. The maximum atomic E-state index is 12.2. The monoisotopic (exact) mass is 291 g/mol. The molecule has 1 amide bonds. The van der Waals surface area contributed by atoms with Crippen molar-refractivity contribution in [2.24, 2.45) is 0 Å². The largest absolute Gasteiger partial charge is 0.360 e. The van der Waals surface area contributed by atoms with Crippen molar-refractivity contribution in [3.8, 4) is 0 Å². The summed E-state index contributed by atoms with van der Waals surface area (Å²) in [7, 11) is 0. The summed E-state index contributed by atoms with van der Waals surface area (Å²) in [5.41, 5.74) is 1.57. The van der Waals surface area contributed by atoms with E-state index < -0.39 is 0 Å². The molecule has 116 valence electrons. The molecule has 1 N–H and O–H groups in total. The van der Waals surface area contributed by atoms with E-state index in [1.165, 1.54) is 32.4 Å². The van der Waals surface area contributed by atoms with E-state index in [0.29, 0.717) is 5.69 Å². The van der Waals surface area contributed by atoms with Crippen LogP contribution in [-0.2, 0) is 12.8 Å². The number of likely N-dealkylation sites (tertiary alicyclic amines) is 1. The highest BCUT2D eigenvalue weighted by atomic mass is 16.5. The van der Waals surface area contributed by atoms with Crippen LogP contribution in [0.2, 0.25) is 0 Å². The first-order valence-corrected chi connectivity index (χ1v) is 8.32. The molecule has 0 spiro atoms. The molecule has 5 nitrogen and oxygen atoms in total. The molecule has 0 bridgehead atoms. The van der Waals surface area contributed by atoms with Crippen molar-refractivity contribution < 1.29 is 9.32 Å². The van der Waals surface area contributed by atoms with Crippen LogP contribution < -0.4 is 5.32 Å². The van der Waals surface area contributed by atoms with Gasteiger partial charge < -0.3 is 14.7 Å². The van der Waals surface area contributed by atoms with Crippen molar-refractivity contribution in [2.45, 2.75) is 51.4 Å². The van der Waals surface area contributed by atoms with Gasteiger partial charge in [-0.15, -0.1) is 0 Å². The third-order valence-corrected chi connectivity index (χ3v) is 4.55. The summed E-state index contributed by atoms with van der Waals surface area (Å²) in [6.45, 7) is 4.23. The number of aryl methyl sites for hydroxylation is 1. The third kappa shape index (κ3) is 3.64. The highest BCUT2D eigenvalue weighted by Crippen LogP contribution is 2.23. The molecule has 21 heavy (non-hydrogen) atoms. The topological polar surface area (TPSA) is 58.4 Å². The number of hydrogen-bond donors (Lipinski definition) is 1. The second-order valence-corrected chi connectivity index (χ2v) is 6.15. The van der Waals surface area contributed by atoms with Crippen LogP contribution >= 0.6 is 0 Å². The number of carbonyl (C=O) groups is 1. The minimum Gasteiger partial charge on any atom is -0.360 e. The Balaban J connectivity index is 1.47. The molecule has 3 rings (SSSR count). The van der Waals surface area contributed by atoms with Crippen LogP contribution in [0.1, 0.15) is 60.3 Å². The lowest BCUT2D eigenvalue weighted by atomic mass is 10.1. The highest BCUT2D eigenvalue weighted by molar-refractivity contribution is 5.93. The van der Waals surface area contributed by atoms with Gasteiger partial charge in [-0.1, -0.05) is 11.6 Å². The van der Waals surface area contributed by atoms with Crippen LogP contribution in [0.4, 0.5) is 0 Å². The molecule has 0 unspecified atom stereocenters. The normalized spacial score (nSPS) is 19.2. The summed E-state index contributed by atoms with van der Waals surface area (Å²) in [4.78, 5) is 14.7. The van der Waals surface area contributed by atoms with E-state index in [0.717, 1.165) is 56.5 Å². The Hall–Kier alpha value is -1.36. The minimum atomic E-state index is -0.0664. The average Bonchev–Trinajstić information content (AvgIpc) is 3.09. The third-order valence-electron chi connectivity index (χ3n) is 4.55. The smallest absolute Gasteiger partial charge is 0.273 e. The van der Waals surface area contributed by atoms with Crippen LogP contribution in [0, 0.1) is 0 Å². The van der Waals surface area contributed by atoms with Crippen molar-refractivity contribution in [1.29, 1.82) is 0 Å². The summed E-state index contributed by atoms with van der Waals surface area (Å²) < 4.78 is 5.36. The Kier molecular flexibility index (Phi) is 4.91. The van der Waals surface area contributed by atoms with E-state index in [4.69, 9.17) is 4.52 Å². The number of rotatable bonds is 5. The molecule has 0 radical (unpaired) electrons. The van der Waals surface area contributed by atoms with Gasteiger partial charge in [-0.2, -0.15) is 0 Å². The van der Waals surface area contributed by atoms with Gasteiger partial charge in [-0.3, -0.25) is 4.79 Å². The van der Waals surface area contributed by atoms with Gasteiger partial charge in [0.1, 0.15) is 5.76 Å². The predicted molar refractivity (Wildman–Crippen MR) is 80.4 cm³/mol. The molecule has 0 aromatic carbocycles. The number of carbonyl (C=O) groups excluding carboxylic acids is 1. The molecule has 5 heteroatoms. The van der Waals surface area contributed by atoms with Crippen molar-refractivity contribution in [2.75, 3.05) is 26.2 Å². The second-order valence-electron chi connectivity index (χ2n) is 6.15. The van der Waals surface area contributed by atoms with E-state index in [-0.39, 0.29) is 5.91 Å². The van der Waals surface area contributed by atoms with Crippen LogP contribution in [0.5, 0.6) is 0 Å². The maximum Gasteiger partial charge on any atom is 0.273 e. The lowest BCUT2D eigenvalue weighted by molar-refractivity contribution is 0.0942. The molecule has 0 atom stereocenters. The molecular weight excluding hydrogens is 266 g/mol. The zero-order valence-corrected chi connectivity index (χ0v) is 12.7. The number of nitrogens with one attached hydrogen (secondary N) is 1. The zero-order valence-electron chi connectivity index (χ0n) is 12.7. The van der Waals surface area contributed by atoms with Gasteiger partial charge in [0.25, 0.3) is 5.91 Å². The zero-order chi connectivity index (χ0) is 14.5. The lowest BCUT2D eigenvalue weighted by Gasteiger charge is -2.14. The van der Waals surface area contributed by atoms with E-state index in [1.807, 2.05) is 0 Å². The molecule has 2 aliphatic rings. The summed E-state index contributed by atoms with van der Waals surface area (Å²) in [5.74, 6) is 0.859. The molecular formula is C16H25N3O2. The first-order chi connectivity index (χ1) is 10.3.